The number of amides is 2. The number of carbonyl (C=O) groups excluding carboxylic acids is 2. The van der Waals surface area contributed by atoms with Gasteiger partial charge in [0, 0.05) is 43.1 Å². The van der Waals surface area contributed by atoms with Crippen molar-refractivity contribution in [2.75, 3.05) is 23.4 Å². The van der Waals surface area contributed by atoms with E-state index in [2.05, 4.69) is 5.32 Å². The molecule has 1 fully saturated rings. The summed E-state index contributed by atoms with van der Waals surface area (Å²) >= 11 is 0. The summed E-state index contributed by atoms with van der Waals surface area (Å²) in [6, 6.07) is 15.2. The van der Waals surface area contributed by atoms with Crippen LogP contribution in [0.4, 0.5) is 11.4 Å². The first-order chi connectivity index (χ1) is 12.5. The van der Waals surface area contributed by atoms with E-state index in [1.165, 1.54) is 6.92 Å². The van der Waals surface area contributed by atoms with Crippen LogP contribution in [0.5, 0.6) is 0 Å². The molecule has 2 amide bonds. The van der Waals surface area contributed by atoms with Gasteiger partial charge >= 0.3 is 0 Å². The number of carbonyl (C=O) groups is 2. The lowest BCUT2D eigenvalue weighted by Crippen LogP contribution is -2.43. The highest BCUT2D eigenvalue weighted by molar-refractivity contribution is 6.06. The average molecular weight is 352 g/mol. The molecule has 136 valence electrons. The molecule has 2 aromatic carbocycles. The molecule has 1 saturated heterocycles. The topological polar surface area (TPSA) is 58.6 Å². The van der Waals surface area contributed by atoms with Gasteiger partial charge in [-0.25, -0.2) is 0 Å². The zero-order chi connectivity index (χ0) is 18.5. The first-order valence-electron chi connectivity index (χ1n) is 8.90. The molecular formula is C21H24N2O3. The van der Waals surface area contributed by atoms with Gasteiger partial charge in [-0.1, -0.05) is 17.7 Å². The molecule has 0 unspecified atom stereocenters. The van der Waals surface area contributed by atoms with E-state index in [9.17, 15) is 9.59 Å². The molecule has 0 radical (unpaired) electrons. The first-order valence-corrected chi connectivity index (χ1v) is 8.90. The second-order valence-electron chi connectivity index (χ2n) is 6.61. The fourth-order valence-electron chi connectivity index (χ4n) is 3.18. The highest BCUT2D eigenvalue weighted by Gasteiger charge is 2.28. The Morgan fingerprint density at radius 1 is 1.00 bits per heavy atom. The zero-order valence-corrected chi connectivity index (χ0v) is 15.2. The Labute approximate surface area is 154 Å². The van der Waals surface area contributed by atoms with Crippen molar-refractivity contribution in [3.8, 4) is 0 Å². The summed E-state index contributed by atoms with van der Waals surface area (Å²) in [6.45, 7) is 4.80. The molecule has 1 heterocycles. The van der Waals surface area contributed by atoms with Gasteiger partial charge in [0.2, 0.25) is 5.91 Å². The van der Waals surface area contributed by atoms with Crippen LogP contribution in [0.1, 0.15) is 35.7 Å². The van der Waals surface area contributed by atoms with E-state index >= 15 is 0 Å². The third-order valence-electron chi connectivity index (χ3n) is 4.54. The van der Waals surface area contributed by atoms with Gasteiger partial charge < -0.3 is 15.0 Å². The van der Waals surface area contributed by atoms with Crippen molar-refractivity contribution in [1.82, 2.24) is 0 Å². The molecule has 5 nitrogen and oxygen atoms in total. The van der Waals surface area contributed by atoms with Crippen LogP contribution in [-0.4, -0.2) is 31.1 Å². The molecule has 2 aromatic rings. The van der Waals surface area contributed by atoms with Gasteiger partial charge in [-0.2, -0.15) is 0 Å². The Morgan fingerprint density at radius 2 is 1.62 bits per heavy atom. The second-order valence-corrected chi connectivity index (χ2v) is 6.61. The van der Waals surface area contributed by atoms with Crippen molar-refractivity contribution < 1.29 is 14.3 Å². The Hall–Kier alpha value is -2.66. The van der Waals surface area contributed by atoms with Crippen molar-refractivity contribution in [3.63, 3.8) is 0 Å². The number of aryl methyl sites for hydroxylation is 1. The van der Waals surface area contributed by atoms with Crippen molar-refractivity contribution in [1.29, 1.82) is 0 Å². The van der Waals surface area contributed by atoms with Crippen LogP contribution in [-0.2, 0) is 9.53 Å². The maximum absolute atomic E-state index is 13.2. The summed E-state index contributed by atoms with van der Waals surface area (Å²) < 4.78 is 5.46. The van der Waals surface area contributed by atoms with Gasteiger partial charge in [-0.05, 0) is 56.2 Å². The molecule has 0 atom stereocenters. The third-order valence-corrected chi connectivity index (χ3v) is 4.54. The number of nitrogens with zero attached hydrogens (tertiary/aromatic N) is 1. The summed E-state index contributed by atoms with van der Waals surface area (Å²) in [7, 11) is 0. The fourth-order valence-corrected chi connectivity index (χ4v) is 3.18. The maximum atomic E-state index is 13.2. The highest BCUT2D eigenvalue weighted by atomic mass is 16.5. The molecule has 5 heteroatoms. The number of benzene rings is 2. The molecule has 0 saturated carbocycles. The lowest BCUT2D eigenvalue weighted by molar-refractivity contribution is -0.114. The highest BCUT2D eigenvalue weighted by Crippen LogP contribution is 2.27. The van der Waals surface area contributed by atoms with Crippen LogP contribution >= 0.6 is 0 Å². The molecule has 1 N–H and O–H groups in total. The van der Waals surface area contributed by atoms with Gasteiger partial charge in [0.05, 0.1) is 0 Å². The SMILES string of the molecule is CC(=O)Nc1ccc(N(C(=O)c2ccc(C)cc2)C2CCOCC2)cc1. The maximum Gasteiger partial charge on any atom is 0.258 e. The molecule has 0 aromatic heterocycles. The lowest BCUT2D eigenvalue weighted by atomic mass is 10.0. The van der Waals surface area contributed by atoms with Gasteiger partial charge in [-0.15, -0.1) is 0 Å². The van der Waals surface area contributed by atoms with Gasteiger partial charge in [0.1, 0.15) is 0 Å². The van der Waals surface area contributed by atoms with Crippen LogP contribution in [0, 0.1) is 6.92 Å². The van der Waals surface area contributed by atoms with E-state index < -0.39 is 0 Å². The summed E-state index contributed by atoms with van der Waals surface area (Å²) in [5, 5.41) is 2.76. The molecule has 26 heavy (non-hydrogen) atoms. The van der Waals surface area contributed by atoms with Crippen LogP contribution in [0.25, 0.3) is 0 Å². The Morgan fingerprint density at radius 3 is 2.19 bits per heavy atom. The van der Waals surface area contributed by atoms with E-state index in [1.807, 2.05) is 60.4 Å². The molecule has 0 spiro atoms. The lowest BCUT2D eigenvalue weighted by Gasteiger charge is -2.34. The molecule has 1 aliphatic rings. The van der Waals surface area contributed by atoms with Crippen LogP contribution in [0.2, 0.25) is 0 Å². The number of ether oxygens (including phenoxy) is 1. The van der Waals surface area contributed by atoms with E-state index in [-0.39, 0.29) is 17.9 Å². The summed E-state index contributed by atoms with van der Waals surface area (Å²) in [5.74, 6) is -0.126. The standard InChI is InChI=1S/C21H24N2O3/c1-15-3-5-17(6-4-15)21(25)23(20-11-13-26-14-12-20)19-9-7-18(8-10-19)22-16(2)24/h3-10,20H,11-14H2,1-2H3,(H,22,24). The molecular weight excluding hydrogens is 328 g/mol. The molecule has 0 aliphatic carbocycles. The summed E-state index contributed by atoms with van der Waals surface area (Å²) in [5.41, 5.74) is 3.35. The van der Waals surface area contributed by atoms with Gasteiger partial charge in [-0.3, -0.25) is 9.59 Å². The zero-order valence-electron chi connectivity index (χ0n) is 15.2. The van der Waals surface area contributed by atoms with Crippen LogP contribution in [0.15, 0.2) is 48.5 Å². The largest absolute Gasteiger partial charge is 0.381 e. The number of hydrogen-bond acceptors (Lipinski definition) is 3. The Balaban J connectivity index is 1.91. The normalized spacial score (nSPS) is 14.7. The number of rotatable bonds is 4. The minimum absolute atomic E-state index is 0.0100. The minimum atomic E-state index is -0.116. The predicted octanol–water partition coefficient (Wildman–Crippen LogP) is 3.78. The first kappa shape index (κ1) is 18.1. The van der Waals surface area contributed by atoms with Crippen molar-refractivity contribution >= 4 is 23.2 Å². The monoisotopic (exact) mass is 352 g/mol. The van der Waals surface area contributed by atoms with E-state index in [1.54, 1.807) is 0 Å². The number of nitrogens with one attached hydrogen (secondary N) is 1. The molecule has 0 bridgehead atoms. The predicted molar refractivity (Wildman–Crippen MR) is 103 cm³/mol. The Kier molecular flexibility index (Phi) is 5.68. The van der Waals surface area contributed by atoms with Crippen molar-refractivity contribution in [3.05, 3.63) is 59.7 Å². The smallest absolute Gasteiger partial charge is 0.258 e. The minimum Gasteiger partial charge on any atom is -0.381 e. The number of anilines is 2. The summed E-state index contributed by atoms with van der Waals surface area (Å²) in [6.07, 6.45) is 1.62. The fraction of sp³-hybridized carbons (Fsp3) is 0.333. The Bertz CT molecular complexity index is 763. The third kappa shape index (κ3) is 4.29. The summed E-state index contributed by atoms with van der Waals surface area (Å²) in [4.78, 5) is 26.3. The van der Waals surface area contributed by atoms with Gasteiger partial charge in [0.15, 0.2) is 0 Å². The van der Waals surface area contributed by atoms with Gasteiger partial charge in [0.25, 0.3) is 5.91 Å². The molecule has 1 aliphatic heterocycles. The van der Waals surface area contributed by atoms with Crippen LogP contribution in [0.3, 0.4) is 0 Å². The van der Waals surface area contributed by atoms with Crippen LogP contribution < -0.4 is 10.2 Å². The quantitative estimate of drug-likeness (QED) is 0.911. The average Bonchev–Trinajstić information content (AvgIpc) is 2.64. The van der Waals surface area contributed by atoms with E-state index in [0.717, 1.165) is 29.8 Å². The second kappa shape index (κ2) is 8.15. The van der Waals surface area contributed by atoms with E-state index in [4.69, 9.17) is 4.74 Å². The van der Waals surface area contributed by atoms with E-state index in [0.29, 0.717) is 18.8 Å². The number of hydrogen-bond donors (Lipinski definition) is 1. The van der Waals surface area contributed by atoms with Crippen molar-refractivity contribution in [2.24, 2.45) is 0 Å². The van der Waals surface area contributed by atoms with Crippen molar-refractivity contribution in [2.45, 2.75) is 32.7 Å². The molecule has 3 rings (SSSR count).